The highest BCUT2D eigenvalue weighted by molar-refractivity contribution is 5.96. The normalized spacial score (nSPS) is 13.2. The average Bonchev–Trinajstić information content (AvgIpc) is 2.60. The number of benzene rings is 4. The van der Waals surface area contributed by atoms with Crippen LogP contribution < -0.4 is 4.90 Å². The number of rotatable bonds is 0. The molecule has 0 saturated carbocycles. The largest absolute Gasteiger partial charge is 0.344 e. The molecule has 0 saturated heterocycles. The number of hydrogen-bond donors (Lipinski definition) is 0. The van der Waals surface area contributed by atoms with Crippen LogP contribution in [0, 0.1) is 0 Å². The molecule has 0 atom stereocenters. The maximum atomic E-state index is 2.35. The summed E-state index contributed by atoms with van der Waals surface area (Å²) in [6.45, 7) is 0. The molecule has 1 heteroatoms. The van der Waals surface area contributed by atoms with Crippen molar-refractivity contribution in [1.29, 1.82) is 0 Å². The van der Waals surface area contributed by atoms with Gasteiger partial charge in [0.2, 0.25) is 0 Å². The molecule has 0 amide bonds. The van der Waals surface area contributed by atoms with E-state index in [0.717, 1.165) is 6.42 Å². The summed E-state index contributed by atoms with van der Waals surface area (Å²) >= 11 is 0. The van der Waals surface area contributed by atoms with Crippen LogP contribution in [0.25, 0.3) is 21.5 Å². The molecule has 0 aliphatic carbocycles. The molecule has 4 aromatic rings. The zero-order valence-electron chi connectivity index (χ0n) is 13.1. The second-order valence-electron chi connectivity index (χ2n) is 6.35. The third-order valence-electron chi connectivity index (χ3n) is 5.05. The van der Waals surface area contributed by atoms with Crippen LogP contribution in [0.3, 0.4) is 0 Å². The molecule has 1 heterocycles. The molecule has 0 fully saturated rings. The van der Waals surface area contributed by atoms with E-state index in [9.17, 15) is 0 Å². The van der Waals surface area contributed by atoms with Gasteiger partial charge in [-0.15, -0.1) is 0 Å². The summed E-state index contributed by atoms with van der Waals surface area (Å²) in [5.41, 5.74) is 5.50. The highest BCUT2D eigenvalue weighted by atomic mass is 15.1. The molecule has 0 unspecified atom stereocenters. The maximum Gasteiger partial charge on any atom is 0.0450 e. The van der Waals surface area contributed by atoms with Crippen molar-refractivity contribution in [1.82, 2.24) is 0 Å². The van der Waals surface area contributed by atoms with Crippen LogP contribution in [-0.4, -0.2) is 7.05 Å². The van der Waals surface area contributed by atoms with Gasteiger partial charge in [0.1, 0.15) is 0 Å². The summed E-state index contributed by atoms with van der Waals surface area (Å²) in [6.07, 6.45) is 1.00. The van der Waals surface area contributed by atoms with Gasteiger partial charge in [-0.3, -0.25) is 0 Å². The summed E-state index contributed by atoms with van der Waals surface area (Å²) in [5.74, 6) is 0. The zero-order chi connectivity index (χ0) is 15.4. The summed E-state index contributed by atoms with van der Waals surface area (Å²) < 4.78 is 0. The van der Waals surface area contributed by atoms with Crippen molar-refractivity contribution in [3.63, 3.8) is 0 Å². The van der Waals surface area contributed by atoms with Gasteiger partial charge < -0.3 is 4.90 Å². The maximum absolute atomic E-state index is 2.35. The first kappa shape index (κ1) is 12.7. The molecule has 23 heavy (non-hydrogen) atoms. The molecular formula is C22H17N. The van der Waals surface area contributed by atoms with Crippen molar-refractivity contribution in [2.75, 3.05) is 11.9 Å². The van der Waals surface area contributed by atoms with Crippen molar-refractivity contribution in [2.45, 2.75) is 6.42 Å². The van der Waals surface area contributed by atoms with Crippen molar-refractivity contribution in [3.05, 3.63) is 83.9 Å². The first-order valence-corrected chi connectivity index (χ1v) is 8.07. The molecule has 0 aromatic heterocycles. The quantitative estimate of drug-likeness (QED) is 0.404. The Bertz CT molecular complexity index is 1060. The highest BCUT2D eigenvalue weighted by Crippen LogP contribution is 2.42. The summed E-state index contributed by atoms with van der Waals surface area (Å²) in [7, 11) is 2.18. The molecule has 1 aliphatic heterocycles. The summed E-state index contributed by atoms with van der Waals surface area (Å²) in [4.78, 5) is 2.34. The highest BCUT2D eigenvalue weighted by Gasteiger charge is 2.21. The molecule has 0 radical (unpaired) electrons. The van der Waals surface area contributed by atoms with Crippen LogP contribution in [0.5, 0.6) is 0 Å². The van der Waals surface area contributed by atoms with Crippen LogP contribution >= 0.6 is 0 Å². The molecule has 0 spiro atoms. The number of nitrogens with zero attached hydrogens (tertiary/aromatic N) is 1. The molecule has 1 aliphatic rings. The van der Waals surface area contributed by atoms with E-state index in [2.05, 4.69) is 84.7 Å². The minimum Gasteiger partial charge on any atom is -0.344 e. The van der Waals surface area contributed by atoms with Gasteiger partial charge in [-0.2, -0.15) is 0 Å². The third kappa shape index (κ3) is 1.80. The lowest BCUT2D eigenvalue weighted by atomic mass is 9.90. The van der Waals surface area contributed by atoms with Crippen LogP contribution in [0.1, 0.15) is 11.1 Å². The SMILES string of the molecule is CN1c2cc3ccccc3cc2Cc2c1ccc1ccccc21. The van der Waals surface area contributed by atoms with Gasteiger partial charge in [0, 0.05) is 24.8 Å². The first-order chi connectivity index (χ1) is 11.3. The molecular weight excluding hydrogens is 278 g/mol. The topological polar surface area (TPSA) is 3.24 Å². The van der Waals surface area contributed by atoms with Crippen molar-refractivity contribution < 1.29 is 0 Å². The minimum atomic E-state index is 1.00. The van der Waals surface area contributed by atoms with E-state index in [4.69, 9.17) is 0 Å². The molecule has 1 nitrogen and oxygen atoms in total. The second-order valence-corrected chi connectivity index (χ2v) is 6.35. The van der Waals surface area contributed by atoms with Crippen LogP contribution in [0.4, 0.5) is 11.4 Å². The Hall–Kier alpha value is -2.80. The Kier molecular flexibility index (Phi) is 2.54. The first-order valence-electron chi connectivity index (χ1n) is 8.07. The van der Waals surface area contributed by atoms with E-state index in [1.54, 1.807) is 0 Å². The zero-order valence-corrected chi connectivity index (χ0v) is 13.1. The summed E-state index contributed by atoms with van der Waals surface area (Å²) in [6, 6.07) is 26.5. The predicted octanol–water partition coefficient (Wildman–Crippen LogP) is 5.67. The van der Waals surface area contributed by atoms with Gasteiger partial charge in [-0.1, -0.05) is 54.6 Å². The van der Waals surface area contributed by atoms with E-state index in [1.165, 1.54) is 44.0 Å². The lowest BCUT2D eigenvalue weighted by molar-refractivity contribution is 1.07. The summed E-state index contributed by atoms with van der Waals surface area (Å²) in [5, 5.41) is 5.32. The van der Waals surface area contributed by atoms with Crippen LogP contribution in [0.2, 0.25) is 0 Å². The van der Waals surface area contributed by atoms with E-state index in [0.29, 0.717) is 0 Å². The Balaban J connectivity index is 1.80. The van der Waals surface area contributed by atoms with Crippen LogP contribution in [-0.2, 0) is 6.42 Å². The van der Waals surface area contributed by atoms with E-state index in [1.807, 2.05) is 0 Å². The van der Waals surface area contributed by atoms with Gasteiger partial charge in [0.05, 0.1) is 0 Å². The minimum absolute atomic E-state index is 1.00. The molecule has 4 aromatic carbocycles. The van der Waals surface area contributed by atoms with Crippen molar-refractivity contribution in [3.8, 4) is 0 Å². The lowest BCUT2D eigenvalue weighted by Gasteiger charge is -2.31. The van der Waals surface area contributed by atoms with E-state index >= 15 is 0 Å². The van der Waals surface area contributed by atoms with E-state index in [-0.39, 0.29) is 0 Å². The van der Waals surface area contributed by atoms with Gasteiger partial charge in [-0.05, 0) is 50.9 Å². The molecule has 0 N–H and O–H groups in total. The monoisotopic (exact) mass is 295 g/mol. The Morgan fingerprint density at radius 1 is 0.696 bits per heavy atom. The smallest absolute Gasteiger partial charge is 0.0450 e. The molecule has 5 rings (SSSR count). The standard InChI is InChI=1S/C22H17N/c1-23-21-11-10-15-6-4-5-9-19(15)20(21)13-18-12-16-7-2-3-8-17(16)14-22(18)23/h2-12,14H,13H2,1H3. The fourth-order valence-corrected chi connectivity index (χ4v) is 3.87. The van der Waals surface area contributed by atoms with E-state index < -0.39 is 0 Å². The molecule has 0 bridgehead atoms. The fourth-order valence-electron chi connectivity index (χ4n) is 3.87. The van der Waals surface area contributed by atoms with Crippen LogP contribution in [0.15, 0.2) is 72.8 Å². The average molecular weight is 295 g/mol. The van der Waals surface area contributed by atoms with Gasteiger partial charge >= 0.3 is 0 Å². The second kappa shape index (κ2) is 4.60. The van der Waals surface area contributed by atoms with Gasteiger partial charge in [0.25, 0.3) is 0 Å². The Morgan fingerprint density at radius 3 is 2.22 bits per heavy atom. The predicted molar refractivity (Wildman–Crippen MR) is 98.8 cm³/mol. The van der Waals surface area contributed by atoms with Gasteiger partial charge in [0.15, 0.2) is 0 Å². The van der Waals surface area contributed by atoms with Crippen molar-refractivity contribution in [2.24, 2.45) is 0 Å². The Morgan fingerprint density at radius 2 is 1.39 bits per heavy atom. The lowest BCUT2D eigenvalue weighted by Crippen LogP contribution is -2.18. The van der Waals surface area contributed by atoms with Crippen molar-refractivity contribution >= 4 is 32.9 Å². The van der Waals surface area contributed by atoms with Gasteiger partial charge in [-0.25, -0.2) is 0 Å². The number of anilines is 2. The number of fused-ring (bicyclic) bond motifs is 5. The number of hydrogen-bond acceptors (Lipinski definition) is 1. The molecule has 110 valence electrons. The Labute approximate surface area is 135 Å². The fraction of sp³-hybridized carbons (Fsp3) is 0.0909. The third-order valence-corrected chi connectivity index (χ3v) is 5.05.